The van der Waals surface area contributed by atoms with Gasteiger partial charge in [0, 0.05) is 44.5 Å². The molecule has 3 rings (SSSR count). The molecule has 0 radical (unpaired) electrons. The summed E-state index contributed by atoms with van der Waals surface area (Å²) in [5, 5.41) is 3.61. The lowest BCUT2D eigenvalue weighted by molar-refractivity contribution is 0.240. The van der Waals surface area contributed by atoms with Gasteiger partial charge in [-0.2, -0.15) is 4.98 Å². The summed E-state index contributed by atoms with van der Waals surface area (Å²) in [5.41, 5.74) is 0. The van der Waals surface area contributed by atoms with Crippen molar-refractivity contribution in [3.63, 3.8) is 0 Å². The molecule has 2 saturated heterocycles. The van der Waals surface area contributed by atoms with Crippen LogP contribution in [0.5, 0.6) is 0 Å². The van der Waals surface area contributed by atoms with Crippen LogP contribution in [0.3, 0.4) is 0 Å². The minimum Gasteiger partial charge on any atom is -0.356 e. The van der Waals surface area contributed by atoms with Crippen LogP contribution in [0.2, 0.25) is 0 Å². The Labute approximate surface area is 165 Å². The Hall–Kier alpha value is -1.36. The first kappa shape index (κ1) is 20.4. The third-order valence-electron chi connectivity index (χ3n) is 6.22. The number of nitrogens with one attached hydrogen (secondary N) is 1. The Balaban J connectivity index is 1.47. The van der Waals surface area contributed by atoms with Gasteiger partial charge in [-0.15, -0.1) is 0 Å². The molecule has 0 bridgehead atoms. The number of anilines is 2. The van der Waals surface area contributed by atoms with E-state index in [-0.39, 0.29) is 0 Å². The highest BCUT2D eigenvalue weighted by molar-refractivity contribution is 5.43. The van der Waals surface area contributed by atoms with Crippen LogP contribution in [-0.4, -0.2) is 53.1 Å². The van der Waals surface area contributed by atoms with Crippen LogP contribution < -0.4 is 10.2 Å². The fourth-order valence-corrected chi connectivity index (χ4v) is 4.43. The van der Waals surface area contributed by atoms with Crippen molar-refractivity contribution in [2.24, 2.45) is 0 Å². The Morgan fingerprint density at radius 2 is 1.93 bits per heavy atom. The van der Waals surface area contributed by atoms with Gasteiger partial charge >= 0.3 is 0 Å². The number of hydrogen-bond donors (Lipinski definition) is 1. The molecule has 2 unspecified atom stereocenters. The van der Waals surface area contributed by atoms with Crippen LogP contribution in [0.1, 0.15) is 78.1 Å². The van der Waals surface area contributed by atoms with E-state index in [4.69, 9.17) is 4.98 Å². The summed E-state index contributed by atoms with van der Waals surface area (Å²) in [6.07, 6.45) is 15.1. The highest BCUT2D eigenvalue weighted by Crippen LogP contribution is 2.21. The summed E-state index contributed by atoms with van der Waals surface area (Å²) in [6.45, 7) is 9.24. The standard InChI is InChI=1S/C22H39N5/c1-3-4-5-8-11-19(2)27-17-13-20(18-27)24-22-23-14-12-21(25-22)26-15-9-6-7-10-16-26/h12,14,19-20H,3-11,13,15-18H2,1-2H3,(H,23,24,25). The molecule has 3 heterocycles. The number of rotatable bonds is 9. The zero-order chi connectivity index (χ0) is 18.9. The zero-order valence-corrected chi connectivity index (χ0v) is 17.5. The lowest BCUT2D eigenvalue weighted by Crippen LogP contribution is -2.33. The van der Waals surface area contributed by atoms with Gasteiger partial charge in [0.15, 0.2) is 0 Å². The number of unbranched alkanes of at least 4 members (excludes halogenated alkanes) is 3. The van der Waals surface area contributed by atoms with Crippen molar-refractivity contribution < 1.29 is 0 Å². The van der Waals surface area contributed by atoms with Crippen molar-refractivity contribution >= 4 is 11.8 Å². The molecule has 0 aromatic carbocycles. The third-order valence-corrected chi connectivity index (χ3v) is 6.22. The quantitative estimate of drug-likeness (QED) is 0.636. The van der Waals surface area contributed by atoms with Gasteiger partial charge in [-0.05, 0) is 38.7 Å². The van der Waals surface area contributed by atoms with Crippen LogP contribution in [-0.2, 0) is 0 Å². The van der Waals surface area contributed by atoms with Crippen molar-refractivity contribution in [3.8, 4) is 0 Å². The molecule has 0 aliphatic carbocycles. The lowest BCUT2D eigenvalue weighted by atomic mass is 10.1. The van der Waals surface area contributed by atoms with E-state index in [9.17, 15) is 0 Å². The number of nitrogens with zero attached hydrogens (tertiary/aromatic N) is 4. The van der Waals surface area contributed by atoms with E-state index in [0.29, 0.717) is 12.1 Å². The predicted molar refractivity (Wildman–Crippen MR) is 115 cm³/mol. The summed E-state index contributed by atoms with van der Waals surface area (Å²) < 4.78 is 0. The molecule has 5 nitrogen and oxygen atoms in total. The van der Waals surface area contributed by atoms with Gasteiger partial charge < -0.3 is 10.2 Å². The molecular weight excluding hydrogens is 334 g/mol. The van der Waals surface area contributed by atoms with E-state index < -0.39 is 0 Å². The average Bonchev–Trinajstić information content (AvgIpc) is 2.98. The number of aromatic nitrogens is 2. The van der Waals surface area contributed by atoms with E-state index in [1.54, 1.807) is 0 Å². The summed E-state index contributed by atoms with van der Waals surface area (Å²) in [6, 6.07) is 3.23. The maximum absolute atomic E-state index is 4.83. The Bertz CT molecular complexity index is 541. The van der Waals surface area contributed by atoms with E-state index >= 15 is 0 Å². The zero-order valence-electron chi connectivity index (χ0n) is 17.5. The summed E-state index contributed by atoms with van der Waals surface area (Å²) in [5.74, 6) is 1.90. The Morgan fingerprint density at radius 3 is 2.70 bits per heavy atom. The maximum Gasteiger partial charge on any atom is 0.224 e. The highest BCUT2D eigenvalue weighted by Gasteiger charge is 2.26. The second-order valence-corrected chi connectivity index (χ2v) is 8.46. The first-order valence-corrected chi connectivity index (χ1v) is 11.3. The molecular formula is C22H39N5. The monoisotopic (exact) mass is 373 g/mol. The molecule has 0 saturated carbocycles. The SMILES string of the molecule is CCCCCCC(C)N1CCC(Nc2nccc(N3CCCCCC3)n2)C1. The van der Waals surface area contributed by atoms with Gasteiger partial charge in [-0.1, -0.05) is 45.4 Å². The van der Waals surface area contributed by atoms with Crippen LogP contribution in [0.25, 0.3) is 0 Å². The molecule has 2 aliphatic rings. The molecule has 2 atom stereocenters. The van der Waals surface area contributed by atoms with Crippen molar-refractivity contribution in [1.29, 1.82) is 0 Å². The molecule has 2 aliphatic heterocycles. The van der Waals surface area contributed by atoms with Gasteiger partial charge in [-0.25, -0.2) is 4.98 Å². The molecule has 152 valence electrons. The Kier molecular flexibility index (Phi) is 8.18. The normalized spacial score (nSPS) is 22.6. The van der Waals surface area contributed by atoms with Crippen molar-refractivity contribution in [3.05, 3.63) is 12.3 Å². The molecule has 0 spiro atoms. The predicted octanol–water partition coefficient (Wildman–Crippen LogP) is 4.70. The van der Waals surface area contributed by atoms with Crippen LogP contribution in [0.15, 0.2) is 12.3 Å². The van der Waals surface area contributed by atoms with E-state index in [1.165, 1.54) is 70.8 Å². The van der Waals surface area contributed by atoms with Crippen LogP contribution in [0, 0.1) is 0 Å². The Morgan fingerprint density at radius 1 is 1.11 bits per heavy atom. The van der Waals surface area contributed by atoms with Crippen LogP contribution in [0.4, 0.5) is 11.8 Å². The summed E-state index contributed by atoms with van der Waals surface area (Å²) in [4.78, 5) is 14.4. The van der Waals surface area contributed by atoms with Gasteiger partial charge in [-0.3, -0.25) is 4.90 Å². The molecule has 1 N–H and O–H groups in total. The molecule has 27 heavy (non-hydrogen) atoms. The van der Waals surface area contributed by atoms with Gasteiger partial charge in [0.2, 0.25) is 5.95 Å². The average molecular weight is 374 g/mol. The van der Waals surface area contributed by atoms with Crippen molar-refractivity contribution in [2.75, 3.05) is 36.4 Å². The first-order valence-electron chi connectivity index (χ1n) is 11.3. The molecule has 2 fully saturated rings. The van der Waals surface area contributed by atoms with Crippen molar-refractivity contribution in [1.82, 2.24) is 14.9 Å². The fraction of sp³-hybridized carbons (Fsp3) is 0.818. The minimum atomic E-state index is 0.475. The minimum absolute atomic E-state index is 0.475. The third kappa shape index (κ3) is 6.34. The molecule has 5 heteroatoms. The van der Waals surface area contributed by atoms with Crippen LogP contribution >= 0.6 is 0 Å². The number of hydrogen-bond acceptors (Lipinski definition) is 5. The lowest BCUT2D eigenvalue weighted by Gasteiger charge is -2.25. The van der Waals surface area contributed by atoms with E-state index in [2.05, 4.69) is 40.0 Å². The van der Waals surface area contributed by atoms with E-state index in [0.717, 1.165) is 31.4 Å². The highest BCUT2D eigenvalue weighted by atomic mass is 15.3. The summed E-state index contributed by atoms with van der Waals surface area (Å²) >= 11 is 0. The molecule has 1 aromatic heterocycles. The van der Waals surface area contributed by atoms with Gasteiger partial charge in [0.1, 0.15) is 5.82 Å². The smallest absolute Gasteiger partial charge is 0.224 e. The van der Waals surface area contributed by atoms with Crippen molar-refractivity contribution in [2.45, 2.75) is 90.1 Å². The molecule has 0 amide bonds. The van der Waals surface area contributed by atoms with Gasteiger partial charge in [0.25, 0.3) is 0 Å². The molecule has 1 aromatic rings. The maximum atomic E-state index is 4.83. The number of likely N-dealkylation sites (tertiary alicyclic amines) is 1. The second-order valence-electron chi connectivity index (χ2n) is 8.46. The topological polar surface area (TPSA) is 44.3 Å². The second kappa shape index (κ2) is 10.8. The van der Waals surface area contributed by atoms with Gasteiger partial charge in [0.05, 0.1) is 0 Å². The summed E-state index contributed by atoms with van der Waals surface area (Å²) in [7, 11) is 0. The fourth-order valence-electron chi connectivity index (χ4n) is 4.43. The largest absolute Gasteiger partial charge is 0.356 e. The van der Waals surface area contributed by atoms with E-state index in [1.807, 2.05) is 6.20 Å². The first-order chi connectivity index (χ1) is 13.3.